The highest BCUT2D eigenvalue weighted by molar-refractivity contribution is 5.93. The van der Waals surface area contributed by atoms with E-state index < -0.39 is 24.5 Å². The molecule has 1 aliphatic heterocycles. The predicted octanol–water partition coefficient (Wildman–Crippen LogP) is 5.45. The van der Waals surface area contributed by atoms with Crippen LogP contribution in [0.4, 0.5) is 20.3 Å². The van der Waals surface area contributed by atoms with E-state index in [1.165, 1.54) is 13.4 Å². The van der Waals surface area contributed by atoms with Gasteiger partial charge in [0.2, 0.25) is 5.91 Å². The van der Waals surface area contributed by atoms with Crippen LogP contribution in [0.2, 0.25) is 0 Å². The third-order valence-electron chi connectivity index (χ3n) is 6.47. The number of nitrogens with zero attached hydrogens (tertiary/aromatic N) is 3. The molecule has 0 bridgehead atoms. The van der Waals surface area contributed by atoms with Crippen LogP contribution in [0.1, 0.15) is 6.42 Å². The third kappa shape index (κ3) is 5.20. The molecule has 4 aromatic rings. The van der Waals surface area contributed by atoms with Gasteiger partial charge in [0.25, 0.3) is 0 Å². The number of hydrogen-bond donors (Lipinski definition) is 1. The van der Waals surface area contributed by atoms with Crippen LogP contribution in [0.15, 0.2) is 72.1 Å². The number of piperidine rings is 1. The molecule has 3 heterocycles. The van der Waals surface area contributed by atoms with Crippen molar-refractivity contribution in [3.8, 4) is 28.6 Å². The highest BCUT2D eigenvalue weighted by Crippen LogP contribution is 2.40. The molecule has 1 unspecified atom stereocenters. The number of anilines is 2. The molecule has 1 atom stereocenters. The van der Waals surface area contributed by atoms with Crippen molar-refractivity contribution in [1.82, 2.24) is 14.9 Å². The van der Waals surface area contributed by atoms with Crippen LogP contribution in [-0.2, 0) is 4.79 Å². The second-order valence-electron chi connectivity index (χ2n) is 8.88. The predicted molar refractivity (Wildman–Crippen MR) is 141 cm³/mol. The first-order valence-corrected chi connectivity index (χ1v) is 12.1. The largest absolute Gasteiger partial charge is 0.495 e. The fourth-order valence-corrected chi connectivity index (χ4v) is 4.48. The minimum Gasteiger partial charge on any atom is -0.495 e. The number of aromatic nitrogens is 2. The Balaban J connectivity index is 1.49. The first-order valence-electron chi connectivity index (χ1n) is 12.1. The number of fused-ring (bicyclic) bond motifs is 1. The van der Waals surface area contributed by atoms with E-state index in [0.717, 1.165) is 16.5 Å². The lowest BCUT2D eigenvalue weighted by Gasteiger charge is -2.37. The van der Waals surface area contributed by atoms with Gasteiger partial charge in [-0.1, -0.05) is 6.58 Å². The molecule has 1 N–H and O–H groups in total. The lowest BCUT2D eigenvalue weighted by Crippen LogP contribution is -2.55. The molecule has 2 aromatic carbocycles. The summed E-state index contributed by atoms with van der Waals surface area (Å²) in [5.41, 5.74) is 1.93. The van der Waals surface area contributed by atoms with Gasteiger partial charge in [-0.3, -0.25) is 4.79 Å². The van der Waals surface area contributed by atoms with Crippen LogP contribution in [0, 0.1) is 0 Å². The van der Waals surface area contributed by atoms with Gasteiger partial charge in [-0.05, 0) is 42.5 Å². The number of amides is 1. The van der Waals surface area contributed by atoms with Gasteiger partial charge in [0.15, 0.2) is 17.6 Å². The Morgan fingerprint density at radius 3 is 2.67 bits per heavy atom. The highest BCUT2D eigenvalue weighted by atomic mass is 19.3. The molecule has 9 nitrogen and oxygen atoms in total. The topological polar surface area (TPSA) is 99.0 Å². The SMILES string of the molecule is C=CC(=O)N1CCC(Oc2cc3c(Nc4cc(-c5ccco5)ccc4OC)ncnc3cc2OC)C(F)(F)C1. The van der Waals surface area contributed by atoms with Gasteiger partial charge in [0.1, 0.15) is 23.7 Å². The molecule has 39 heavy (non-hydrogen) atoms. The smallest absolute Gasteiger partial charge is 0.301 e. The minimum absolute atomic E-state index is 0.0685. The van der Waals surface area contributed by atoms with E-state index in [0.29, 0.717) is 33.9 Å². The van der Waals surface area contributed by atoms with Gasteiger partial charge < -0.3 is 28.8 Å². The Morgan fingerprint density at radius 1 is 1.15 bits per heavy atom. The zero-order valence-electron chi connectivity index (χ0n) is 21.3. The number of alkyl halides is 2. The van der Waals surface area contributed by atoms with Gasteiger partial charge >= 0.3 is 5.92 Å². The number of rotatable bonds is 8. The molecule has 0 saturated carbocycles. The molecule has 1 fully saturated rings. The van der Waals surface area contributed by atoms with Gasteiger partial charge in [-0.2, -0.15) is 0 Å². The summed E-state index contributed by atoms with van der Waals surface area (Å²) in [6.45, 7) is 2.72. The lowest BCUT2D eigenvalue weighted by molar-refractivity contribution is -0.156. The van der Waals surface area contributed by atoms with Crippen molar-refractivity contribution in [3.63, 3.8) is 0 Å². The number of carbonyl (C=O) groups is 1. The van der Waals surface area contributed by atoms with Crippen molar-refractivity contribution < 1.29 is 32.2 Å². The van der Waals surface area contributed by atoms with E-state index in [1.54, 1.807) is 37.6 Å². The fourth-order valence-electron chi connectivity index (χ4n) is 4.48. The molecule has 2 aromatic heterocycles. The first-order chi connectivity index (χ1) is 18.8. The molecule has 0 spiro atoms. The molecule has 202 valence electrons. The molecule has 0 aliphatic carbocycles. The number of carbonyl (C=O) groups excluding carboxylic acids is 1. The summed E-state index contributed by atoms with van der Waals surface area (Å²) in [5, 5.41) is 3.78. The zero-order chi connectivity index (χ0) is 27.6. The summed E-state index contributed by atoms with van der Waals surface area (Å²) < 4.78 is 52.3. The number of methoxy groups -OCH3 is 2. The number of halogens is 2. The Hall–Kier alpha value is -4.67. The molecule has 1 amide bonds. The number of benzene rings is 2. The van der Waals surface area contributed by atoms with E-state index in [1.807, 2.05) is 18.2 Å². The summed E-state index contributed by atoms with van der Waals surface area (Å²) >= 11 is 0. The van der Waals surface area contributed by atoms with Crippen LogP contribution in [0.25, 0.3) is 22.2 Å². The van der Waals surface area contributed by atoms with E-state index in [9.17, 15) is 4.79 Å². The van der Waals surface area contributed by atoms with Gasteiger partial charge in [-0.25, -0.2) is 18.7 Å². The normalized spacial score (nSPS) is 16.5. The zero-order valence-corrected chi connectivity index (χ0v) is 21.3. The standard InChI is InChI=1S/C28H26F2N4O5/c1-4-26(35)34-10-9-25(28(29,30)15-34)39-24-13-18-19(14-23(24)37-3)31-16-32-27(18)33-20-12-17(7-8-22(20)36-2)21-6-5-11-38-21/h4-8,11-14,16,25H,1,9-10,15H2,2-3H3,(H,31,32,33). The number of furan rings is 1. The van der Waals surface area contributed by atoms with Crippen molar-refractivity contribution in [2.75, 3.05) is 32.6 Å². The van der Waals surface area contributed by atoms with Gasteiger partial charge in [0, 0.05) is 30.0 Å². The van der Waals surface area contributed by atoms with E-state index >= 15 is 8.78 Å². The van der Waals surface area contributed by atoms with Crippen LogP contribution >= 0.6 is 0 Å². The minimum atomic E-state index is -3.29. The van der Waals surface area contributed by atoms with Crippen molar-refractivity contribution in [3.05, 3.63) is 67.7 Å². The lowest BCUT2D eigenvalue weighted by atomic mass is 10.0. The molecular weight excluding hydrogens is 510 g/mol. The molecule has 1 aliphatic rings. The quantitative estimate of drug-likeness (QED) is 0.297. The Morgan fingerprint density at radius 2 is 1.97 bits per heavy atom. The second-order valence-corrected chi connectivity index (χ2v) is 8.88. The highest BCUT2D eigenvalue weighted by Gasteiger charge is 2.47. The summed E-state index contributed by atoms with van der Waals surface area (Å²) in [7, 11) is 2.97. The fraction of sp³-hybridized carbons (Fsp3) is 0.250. The molecule has 0 radical (unpaired) electrons. The van der Waals surface area contributed by atoms with Crippen LogP contribution in [0.5, 0.6) is 17.2 Å². The maximum absolute atomic E-state index is 15.0. The van der Waals surface area contributed by atoms with Crippen molar-refractivity contribution in [2.24, 2.45) is 0 Å². The van der Waals surface area contributed by atoms with Crippen LogP contribution in [-0.4, -0.2) is 60.1 Å². The third-order valence-corrected chi connectivity index (χ3v) is 6.47. The van der Waals surface area contributed by atoms with Crippen LogP contribution in [0.3, 0.4) is 0 Å². The Bertz CT molecular complexity index is 1510. The number of nitrogens with one attached hydrogen (secondary N) is 1. The van der Waals surface area contributed by atoms with Crippen molar-refractivity contribution in [1.29, 1.82) is 0 Å². The van der Waals surface area contributed by atoms with Crippen molar-refractivity contribution in [2.45, 2.75) is 18.4 Å². The molecule has 1 saturated heterocycles. The van der Waals surface area contributed by atoms with Gasteiger partial charge in [0.05, 0.1) is 38.2 Å². The summed E-state index contributed by atoms with van der Waals surface area (Å²) in [6, 6.07) is 12.3. The van der Waals surface area contributed by atoms with Crippen molar-refractivity contribution >= 4 is 28.3 Å². The molecule has 5 rings (SSSR count). The van der Waals surface area contributed by atoms with Crippen LogP contribution < -0.4 is 19.5 Å². The summed E-state index contributed by atoms with van der Waals surface area (Å²) in [5.74, 6) is -1.85. The Labute approximate surface area is 223 Å². The monoisotopic (exact) mass is 536 g/mol. The maximum Gasteiger partial charge on any atom is 0.301 e. The molecular formula is C28H26F2N4O5. The first kappa shape index (κ1) is 26.0. The average molecular weight is 537 g/mol. The summed E-state index contributed by atoms with van der Waals surface area (Å²) in [4.78, 5) is 21.6. The molecule has 11 heteroatoms. The number of ether oxygens (including phenoxy) is 3. The summed E-state index contributed by atoms with van der Waals surface area (Å²) in [6.07, 6.45) is 2.46. The second kappa shape index (κ2) is 10.6. The number of likely N-dealkylation sites (tertiary alicyclic amines) is 1. The van der Waals surface area contributed by atoms with E-state index in [2.05, 4.69) is 21.9 Å². The Kier molecular flexibility index (Phi) is 7.05. The van der Waals surface area contributed by atoms with E-state index in [4.69, 9.17) is 18.6 Å². The average Bonchev–Trinajstić information content (AvgIpc) is 3.48. The maximum atomic E-state index is 15.0. The van der Waals surface area contributed by atoms with Gasteiger partial charge in [-0.15, -0.1) is 0 Å². The van der Waals surface area contributed by atoms with E-state index in [-0.39, 0.29) is 24.5 Å². The number of hydrogen-bond acceptors (Lipinski definition) is 8.